The van der Waals surface area contributed by atoms with E-state index in [1.54, 1.807) is 30.3 Å². The van der Waals surface area contributed by atoms with Crippen LogP contribution in [0, 0.1) is 0 Å². The van der Waals surface area contributed by atoms with Gasteiger partial charge in [0.05, 0.1) is 0 Å². The van der Waals surface area contributed by atoms with E-state index in [1.165, 1.54) is 6.07 Å². The second kappa shape index (κ2) is 6.99. The fraction of sp³-hybridized carbons (Fsp3) is 0. The van der Waals surface area contributed by atoms with E-state index >= 15 is 0 Å². The Morgan fingerprint density at radius 1 is 0.938 bits per heavy atom. The van der Waals surface area contributed by atoms with Gasteiger partial charge in [-0.3, -0.25) is 4.55 Å². The van der Waals surface area contributed by atoms with Crippen LogP contribution in [0.3, 0.4) is 0 Å². The van der Waals surface area contributed by atoms with Crippen LogP contribution in [0.4, 0.5) is 0 Å². The van der Waals surface area contributed by atoms with Gasteiger partial charge in [0.2, 0.25) is 0 Å². The van der Waals surface area contributed by atoms with Crippen molar-refractivity contribution in [2.24, 2.45) is 0 Å². The topological polar surface area (TPSA) is 54.4 Å². The molecule has 6 heteroatoms. The predicted molar refractivity (Wildman–Crippen MR) is 68.1 cm³/mol. The molecule has 2 aromatic rings. The number of hydrogen-bond donors (Lipinski definition) is 1. The van der Waals surface area contributed by atoms with Crippen molar-refractivity contribution in [1.82, 2.24) is 0 Å². The first-order valence-electron chi connectivity index (χ1n) is 4.04. The molecule has 1 N–H and O–H groups in total. The number of hydrogen-bond acceptors (Lipinski definition) is 2. The minimum atomic E-state index is -4.13. The van der Waals surface area contributed by atoms with Gasteiger partial charge in [0.15, 0.2) is 0 Å². The Labute approximate surface area is 159 Å². The van der Waals surface area contributed by atoms with Crippen LogP contribution in [-0.4, -0.2) is 93.9 Å². The molecule has 0 saturated carbocycles. The Kier molecular flexibility index (Phi) is 7.53. The zero-order chi connectivity index (χ0) is 10.2. The summed E-state index contributed by atoms with van der Waals surface area (Å²) >= 11 is 0. The van der Waals surface area contributed by atoms with Crippen LogP contribution in [0.5, 0.6) is 0 Å². The second-order valence-corrected chi connectivity index (χ2v) is 4.34. The summed E-state index contributed by atoms with van der Waals surface area (Å²) in [5.41, 5.74) is 0. The van der Waals surface area contributed by atoms with Gasteiger partial charge in [0.1, 0.15) is 4.90 Å². The van der Waals surface area contributed by atoms with Gasteiger partial charge in [0, 0.05) is 5.39 Å². The first-order valence-corrected chi connectivity index (χ1v) is 5.48. The third-order valence-corrected chi connectivity index (χ3v) is 2.94. The summed E-state index contributed by atoms with van der Waals surface area (Å²) in [4.78, 5) is -0.0457. The molecule has 2 aromatic carbocycles. The molecule has 0 heterocycles. The summed E-state index contributed by atoms with van der Waals surface area (Å²) in [5.74, 6) is 0. The van der Waals surface area contributed by atoms with E-state index in [0.717, 1.165) is 5.39 Å². The van der Waals surface area contributed by atoms with E-state index in [0.29, 0.717) is 5.39 Å². The number of rotatable bonds is 1. The molecule has 76 valence electrons. The van der Waals surface area contributed by atoms with Crippen LogP contribution >= 0.6 is 0 Å². The summed E-state index contributed by atoms with van der Waals surface area (Å²) < 4.78 is 31.0. The Bertz CT molecular complexity index is 578. The van der Waals surface area contributed by atoms with E-state index in [2.05, 4.69) is 0 Å². The van der Waals surface area contributed by atoms with Gasteiger partial charge in [-0.25, -0.2) is 0 Å². The molecule has 3 nitrogen and oxygen atoms in total. The summed E-state index contributed by atoms with van der Waals surface area (Å²) in [6.45, 7) is 0. The van der Waals surface area contributed by atoms with Crippen LogP contribution in [0.25, 0.3) is 10.8 Å². The third kappa shape index (κ3) is 3.88. The van der Waals surface area contributed by atoms with Crippen LogP contribution in [0.2, 0.25) is 0 Å². The molecule has 0 aliphatic rings. The normalized spacial score (nSPS) is 10.3. The van der Waals surface area contributed by atoms with E-state index < -0.39 is 10.1 Å². The fourth-order valence-corrected chi connectivity index (χ4v) is 2.13. The minimum absolute atomic E-state index is 0. The Balaban J connectivity index is 0.00000112. The first-order chi connectivity index (χ1) is 6.59. The van der Waals surface area contributed by atoms with Crippen LogP contribution in [-0.2, 0) is 10.1 Å². The molecule has 0 radical (unpaired) electrons. The zero-order valence-corrected chi connectivity index (χ0v) is 8.03. The molecule has 0 amide bonds. The van der Waals surface area contributed by atoms with Crippen molar-refractivity contribution in [3.05, 3.63) is 42.5 Å². The summed E-state index contributed by atoms with van der Waals surface area (Å²) in [7, 11) is -4.13. The molecule has 0 bridgehead atoms. The van der Waals surface area contributed by atoms with Crippen LogP contribution in [0.15, 0.2) is 47.4 Å². The molecular formula is C10H10KNaO3S. The Hall–Kier alpha value is 1.25. The molecule has 0 aliphatic carbocycles. The predicted octanol–water partition coefficient (Wildman–Crippen LogP) is 0.789. The van der Waals surface area contributed by atoms with Crippen molar-refractivity contribution in [3.63, 3.8) is 0 Å². The maximum atomic E-state index is 11.0. The van der Waals surface area contributed by atoms with E-state index in [-0.39, 0.29) is 85.8 Å². The molecule has 0 unspecified atom stereocenters. The van der Waals surface area contributed by atoms with Crippen molar-refractivity contribution in [2.45, 2.75) is 4.90 Å². The summed E-state index contributed by atoms with van der Waals surface area (Å²) in [5, 5.41) is 1.33. The third-order valence-electron chi connectivity index (χ3n) is 2.03. The quantitative estimate of drug-likeness (QED) is 0.617. The molecule has 0 saturated heterocycles. The van der Waals surface area contributed by atoms with Crippen molar-refractivity contribution in [3.8, 4) is 0 Å². The molecule has 0 spiro atoms. The SMILES string of the molecule is O=S(=O)(O)c1cccc2ccccc12.[KH].[NaH]. The van der Waals surface area contributed by atoms with Crippen molar-refractivity contribution < 1.29 is 13.0 Å². The number of benzene rings is 2. The molecule has 16 heavy (non-hydrogen) atoms. The van der Waals surface area contributed by atoms with Gasteiger partial charge in [-0.1, -0.05) is 36.4 Å². The van der Waals surface area contributed by atoms with E-state index in [1.807, 2.05) is 6.07 Å². The molecule has 0 fully saturated rings. The van der Waals surface area contributed by atoms with Crippen LogP contribution < -0.4 is 0 Å². The van der Waals surface area contributed by atoms with Gasteiger partial charge in [-0.2, -0.15) is 8.42 Å². The summed E-state index contributed by atoms with van der Waals surface area (Å²) in [6, 6.07) is 11.8. The Morgan fingerprint density at radius 3 is 2.12 bits per heavy atom. The average molecular weight is 272 g/mol. The molecule has 0 aliphatic heterocycles. The van der Waals surface area contributed by atoms with Gasteiger partial charge in [-0.05, 0) is 11.5 Å². The van der Waals surface area contributed by atoms with Crippen LogP contribution in [0.1, 0.15) is 0 Å². The molecular weight excluding hydrogens is 262 g/mol. The van der Waals surface area contributed by atoms with Gasteiger partial charge >= 0.3 is 80.9 Å². The van der Waals surface area contributed by atoms with Gasteiger partial charge in [0.25, 0.3) is 10.1 Å². The number of fused-ring (bicyclic) bond motifs is 1. The second-order valence-electron chi connectivity index (χ2n) is 2.95. The maximum absolute atomic E-state index is 11.0. The monoisotopic (exact) mass is 272 g/mol. The van der Waals surface area contributed by atoms with Gasteiger partial charge in [-0.15, -0.1) is 0 Å². The molecule has 0 atom stereocenters. The molecule has 2 rings (SSSR count). The standard InChI is InChI=1S/C10H8O3S.K.Na.2H/c11-14(12,13)10-7-3-5-8-4-1-2-6-9(8)10;;;;/h1-7H,(H,11,12,13);;;;. The van der Waals surface area contributed by atoms with E-state index in [4.69, 9.17) is 4.55 Å². The van der Waals surface area contributed by atoms with Crippen molar-refractivity contribution >= 4 is 102 Å². The molecule has 0 aromatic heterocycles. The Morgan fingerprint density at radius 2 is 1.50 bits per heavy atom. The van der Waals surface area contributed by atoms with Crippen molar-refractivity contribution in [2.75, 3.05) is 0 Å². The summed E-state index contributed by atoms with van der Waals surface area (Å²) in [6.07, 6.45) is 0. The average Bonchev–Trinajstić information content (AvgIpc) is 2.15. The fourth-order valence-electron chi connectivity index (χ4n) is 1.42. The zero-order valence-electron chi connectivity index (χ0n) is 7.21. The van der Waals surface area contributed by atoms with Crippen molar-refractivity contribution in [1.29, 1.82) is 0 Å². The van der Waals surface area contributed by atoms with Gasteiger partial charge < -0.3 is 0 Å². The first kappa shape index (κ1) is 17.2. The van der Waals surface area contributed by atoms with E-state index in [9.17, 15) is 8.42 Å².